The SMILES string of the molecule is Cc1nn(Cc2ccccc2Cl)c2sc(C(=O)N3CCCC(CCC(N)=O)C3)cc12. The molecular weight excluding hydrogens is 420 g/mol. The van der Waals surface area contributed by atoms with E-state index < -0.39 is 0 Å². The zero-order valence-corrected chi connectivity index (χ0v) is 18.5. The maximum absolute atomic E-state index is 13.2. The highest BCUT2D eigenvalue weighted by Gasteiger charge is 2.26. The van der Waals surface area contributed by atoms with Gasteiger partial charge in [-0.2, -0.15) is 5.10 Å². The Kier molecular flexibility index (Phi) is 6.11. The number of piperidine rings is 1. The molecule has 2 amide bonds. The average Bonchev–Trinajstić information content (AvgIpc) is 3.29. The number of fused-ring (bicyclic) bond motifs is 1. The maximum atomic E-state index is 13.2. The number of benzene rings is 1. The third-order valence-corrected chi connectivity index (χ3v) is 7.21. The molecule has 8 heteroatoms. The number of nitrogens with zero attached hydrogens (tertiary/aromatic N) is 3. The lowest BCUT2D eigenvalue weighted by atomic mass is 9.93. The first-order valence-corrected chi connectivity index (χ1v) is 11.4. The van der Waals surface area contributed by atoms with Gasteiger partial charge in [-0.15, -0.1) is 11.3 Å². The van der Waals surface area contributed by atoms with Crippen molar-refractivity contribution in [2.45, 2.75) is 39.2 Å². The van der Waals surface area contributed by atoms with Crippen molar-refractivity contribution >= 4 is 45.0 Å². The summed E-state index contributed by atoms with van der Waals surface area (Å²) in [7, 11) is 0. The second-order valence-electron chi connectivity index (χ2n) is 7.93. The molecule has 3 heterocycles. The number of primary amides is 1. The summed E-state index contributed by atoms with van der Waals surface area (Å²) in [5.74, 6) is 0.118. The first kappa shape index (κ1) is 20.9. The molecule has 1 aromatic carbocycles. The zero-order chi connectivity index (χ0) is 21.3. The molecule has 0 spiro atoms. The summed E-state index contributed by atoms with van der Waals surface area (Å²) in [6, 6.07) is 9.70. The Labute approximate surface area is 184 Å². The van der Waals surface area contributed by atoms with Crippen LogP contribution in [-0.2, 0) is 11.3 Å². The van der Waals surface area contributed by atoms with Crippen molar-refractivity contribution in [3.63, 3.8) is 0 Å². The third-order valence-electron chi connectivity index (χ3n) is 5.70. The number of rotatable bonds is 6. The van der Waals surface area contributed by atoms with Gasteiger partial charge >= 0.3 is 0 Å². The lowest BCUT2D eigenvalue weighted by Crippen LogP contribution is -2.39. The van der Waals surface area contributed by atoms with Crippen molar-refractivity contribution in [1.29, 1.82) is 0 Å². The number of aromatic nitrogens is 2. The summed E-state index contributed by atoms with van der Waals surface area (Å²) < 4.78 is 1.93. The van der Waals surface area contributed by atoms with E-state index >= 15 is 0 Å². The molecular formula is C22H25ClN4O2S. The largest absolute Gasteiger partial charge is 0.370 e. The summed E-state index contributed by atoms with van der Waals surface area (Å²) in [5.41, 5.74) is 7.19. The third kappa shape index (κ3) is 4.37. The van der Waals surface area contributed by atoms with Gasteiger partial charge in [-0.25, -0.2) is 0 Å². The number of carbonyl (C=O) groups is 2. The molecule has 0 radical (unpaired) electrons. The average molecular weight is 445 g/mol. The smallest absolute Gasteiger partial charge is 0.264 e. The van der Waals surface area contributed by atoms with Crippen LogP contribution in [0.25, 0.3) is 10.2 Å². The quantitative estimate of drug-likeness (QED) is 0.617. The van der Waals surface area contributed by atoms with Crippen LogP contribution in [0, 0.1) is 12.8 Å². The van der Waals surface area contributed by atoms with E-state index in [0.717, 1.165) is 52.2 Å². The van der Waals surface area contributed by atoms with Gasteiger partial charge in [0.2, 0.25) is 5.91 Å². The van der Waals surface area contributed by atoms with E-state index in [2.05, 4.69) is 5.10 Å². The standard InChI is InChI=1S/C22H25ClN4O2S/c1-14-17-11-19(21(29)26-10-4-5-15(12-26)8-9-20(24)28)30-22(17)27(25-14)13-16-6-2-3-7-18(16)23/h2-3,6-7,11,15H,4-5,8-10,12-13H2,1H3,(H2,24,28). The minimum absolute atomic E-state index is 0.0590. The van der Waals surface area contributed by atoms with Crippen LogP contribution in [0.1, 0.15) is 46.6 Å². The highest BCUT2D eigenvalue weighted by Crippen LogP contribution is 2.31. The second-order valence-corrected chi connectivity index (χ2v) is 9.37. The molecule has 0 saturated carbocycles. The lowest BCUT2D eigenvalue weighted by molar-refractivity contribution is -0.118. The van der Waals surface area contributed by atoms with Crippen molar-refractivity contribution in [3.8, 4) is 0 Å². The Bertz CT molecular complexity index is 1090. The van der Waals surface area contributed by atoms with Crippen LogP contribution in [0.2, 0.25) is 5.02 Å². The van der Waals surface area contributed by atoms with Crippen LogP contribution in [0.3, 0.4) is 0 Å². The molecule has 3 aromatic rings. The van der Waals surface area contributed by atoms with Gasteiger partial charge < -0.3 is 10.6 Å². The Morgan fingerprint density at radius 1 is 1.33 bits per heavy atom. The number of amides is 2. The molecule has 1 fully saturated rings. The fourth-order valence-electron chi connectivity index (χ4n) is 4.10. The minimum atomic E-state index is -0.276. The molecule has 2 aromatic heterocycles. The van der Waals surface area contributed by atoms with E-state index in [-0.39, 0.29) is 11.8 Å². The second kappa shape index (κ2) is 8.78. The number of likely N-dealkylation sites (tertiary alicyclic amines) is 1. The molecule has 6 nitrogen and oxygen atoms in total. The number of thiophene rings is 1. The van der Waals surface area contributed by atoms with Gasteiger partial charge in [0.05, 0.1) is 17.1 Å². The Morgan fingerprint density at radius 3 is 2.90 bits per heavy atom. The van der Waals surface area contributed by atoms with Gasteiger partial charge in [-0.05, 0) is 49.8 Å². The first-order chi connectivity index (χ1) is 14.4. The fraction of sp³-hybridized carbons (Fsp3) is 0.409. The molecule has 1 saturated heterocycles. The summed E-state index contributed by atoms with van der Waals surface area (Å²) in [6.07, 6.45) is 3.12. The number of halogens is 1. The van der Waals surface area contributed by atoms with Crippen molar-refractivity contribution in [2.75, 3.05) is 13.1 Å². The van der Waals surface area contributed by atoms with Gasteiger partial charge in [0.15, 0.2) is 0 Å². The zero-order valence-electron chi connectivity index (χ0n) is 16.9. The highest BCUT2D eigenvalue weighted by molar-refractivity contribution is 7.20. The topological polar surface area (TPSA) is 81.2 Å². The van der Waals surface area contributed by atoms with Crippen LogP contribution in [0.15, 0.2) is 30.3 Å². The van der Waals surface area contributed by atoms with Crippen molar-refractivity contribution in [1.82, 2.24) is 14.7 Å². The molecule has 1 unspecified atom stereocenters. The number of hydrogen-bond acceptors (Lipinski definition) is 4. The molecule has 1 aliphatic rings. The van der Waals surface area contributed by atoms with E-state index in [1.54, 1.807) is 0 Å². The van der Waals surface area contributed by atoms with Crippen LogP contribution in [0.4, 0.5) is 0 Å². The number of aryl methyl sites for hydroxylation is 1. The summed E-state index contributed by atoms with van der Waals surface area (Å²) in [4.78, 5) is 27.9. The molecule has 4 rings (SSSR count). The number of nitrogens with two attached hydrogens (primary N) is 1. The van der Waals surface area contributed by atoms with Crippen LogP contribution < -0.4 is 5.73 Å². The summed E-state index contributed by atoms with van der Waals surface area (Å²) in [6.45, 7) is 3.97. The molecule has 1 atom stereocenters. The van der Waals surface area contributed by atoms with Gasteiger partial charge in [-0.1, -0.05) is 29.8 Å². The van der Waals surface area contributed by atoms with Crippen molar-refractivity contribution < 1.29 is 9.59 Å². The van der Waals surface area contributed by atoms with E-state index in [4.69, 9.17) is 17.3 Å². The molecule has 30 heavy (non-hydrogen) atoms. The molecule has 0 aliphatic carbocycles. The Morgan fingerprint density at radius 2 is 2.13 bits per heavy atom. The van der Waals surface area contributed by atoms with E-state index in [1.165, 1.54) is 11.3 Å². The van der Waals surface area contributed by atoms with Crippen LogP contribution >= 0.6 is 22.9 Å². The molecule has 2 N–H and O–H groups in total. The van der Waals surface area contributed by atoms with Gasteiger partial charge in [-0.3, -0.25) is 14.3 Å². The van der Waals surface area contributed by atoms with Crippen molar-refractivity contribution in [2.24, 2.45) is 11.7 Å². The molecule has 1 aliphatic heterocycles. The molecule has 0 bridgehead atoms. The van der Waals surface area contributed by atoms with Gasteiger partial charge in [0.25, 0.3) is 5.91 Å². The maximum Gasteiger partial charge on any atom is 0.264 e. The van der Waals surface area contributed by atoms with Gasteiger partial charge in [0.1, 0.15) is 4.83 Å². The van der Waals surface area contributed by atoms with E-state index in [1.807, 2.05) is 46.8 Å². The summed E-state index contributed by atoms with van der Waals surface area (Å²) in [5, 5.41) is 6.37. The van der Waals surface area contributed by atoms with Gasteiger partial charge in [0, 0.05) is 29.9 Å². The first-order valence-electron chi connectivity index (χ1n) is 10.2. The number of hydrogen-bond donors (Lipinski definition) is 1. The lowest BCUT2D eigenvalue weighted by Gasteiger charge is -2.32. The highest BCUT2D eigenvalue weighted by atomic mass is 35.5. The van der Waals surface area contributed by atoms with Crippen LogP contribution in [-0.4, -0.2) is 39.6 Å². The number of carbonyl (C=O) groups excluding carboxylic acids is 2. The summed E-state index contributed by atoms with van der Waals surface area (Å²) >= 11 is 7.80. The Balaban J connectivity index is 1.54. The predicted molar refractivity (Wildman–Crippen MR) is 120 cm³/mol. The monoisotopic (exact) mass is 444 g/mol. The normalized spacial score (nSPS) is 16.9. The Hall–Kier alpha value is -2.38. The fourth-order valence-corrected chi connectivity index (χ4v) is 5.42. The predicted octanol–water partition coefficient (Wildman–Crippen LogP) is 4.23. The minimum Gasteiger partial charge on any atom is -0.370 e. The van der Waals surface area contributed by atoms with E-state index in [9.17, 15) is 9.59 Å². The van der Waals surface area contributed by atoms with Crippen molar-refractivity contribution in [3.05, 3.63) is 51.5 Å². The van der Waals surface area contributed by atoms with E-state index in [0.29, 0.717) is 30.5 Å². The molecule has 158 valence electrons. The van der Waals surface area contributed by atoms with Crippen LogP contribution in [0.5, 0.6) is 0 Å².